The predicted octanol–water partition coefficient (Wildman–Crippen LogP) is 1.57. The molecule has 3 heteroatoms. The minimum Gasteiger partial charge on any atom is -0.314 e. The van der Waals surface area contributed by atoms with Crippen molar-refractivity contribution in [3.05, 3.63) is 34.9 Å². The smallest absolute Gasteiger partial charge is 0.0462 e. The largest absolute Gasteiger partial charge is 0.314 e. The molecule has 1 aliphatic heterocycles. The zero-order valence-corrected chi connectivity index (χ0v) is 8.14. The highest BCUT2D eigenvalue weighted by Gasteiger charge is 2.15. The number of benzene rings is 1. The summed E-state index contributed by atoms with van der Waals surface area (Å²) in [4.78, 5) is 0. The Balaban J connectivity index is 2.18. The molecule has 2 N–H and O–H groups in total. The van der Waals surface area contributed by atoms with Gasteiger partial charge in [-0.25, -0.2) is 0 Å². The Morgan fingerprint density at radius 3 is 2.77 bits per heavy atom. The lowest BCUT2D eigenvalue weighted by atomic mass is 10.1. The molecule has 13 heavy (non-hydrogen) atoms. The number of hydrogen-bond donors (Lipinski definition) is 2. The Morgan fingerprint density at radius 1 is 1.23 bits per heavy atom. The summed E-state index contributed by atoms with van der Waals surface area (Å²) in [7, 11) is 0. The summed E-state index contributed by atoms with van der Waals surface area (Å²) >= 11 is 6.09. The van der Waals surface area contributed by atoms with Gasteiger partial charge in [0.2, 0.25) is 0 Å². The minimum atomic E-state index is 0.363. The molecule has 2 nitrogen and oxygen atoms in total. The molecule has 0 aromatic heterocycles. The summed E-state index contributed by atoms with van der Waals surface area (Å²) in [6.45, 7) is 3.01. The lowest BCUT2D eigenvalue weighted by Gasteiger charge is -2.25. The van der Waals surface area contributed by atoms with Crippen molar-refractivity contribution in [2.24, 2.45) is 0 Å². The van der Waals surface area contributed by atoms with Gasteiger partial charge in [0.25, 0.3) is 0 Å². The standard InChI is InChI=1S/C10H13ClN2/c11-9-4-2-1-3-8(9)10-7-12-5-6-13-10/h1-4,10,12-13H,5-7H2/t10-/m0/s1. The van der Waals surface area contributed by atoms with Crippen molar-refractivity contribution in [3.8, 4) is 0 Å². The van der Waals surface area contributed by atoms with Gasteiger partial charge in [-0.1, -0.05) is 29.8 Å². The first-order valence-corrected chi connectivity index (χ1v) is 4.94. The van der Waals surface area contributed by atoms with Crippen molar-refractivity contribution in [1.82, 2.24) is 10.6 Å². The zero-order valence-electron chi connectivity index (χ0n) is 7.39. The van der Waals surface area contributed by atoms with Crippen LogP contribution in [0.5, 0.6) is 0 Å². The monoisotopic (exact) mass is 196 g/mol. The van der Waals surface area contributed by atoms with Crippen LogP contribution in [0.2, 0.25) is 5.02 Å². The van der Waals surface area contributed by atoms with E-state index in [1.54, 1.807) is 0 Å². The zero-order chi connectivity index (χ0) is 9.10. The molecule has 0 radical (unpaired) electrons. The second kappa shape index (κ2) is 4.09. The first kappa shape index (κ1) is 9.00. The highest BCUT2D eigenvalue weighted by Crippen LogP contribution is 2.22. The van der Waals surface area contributed by atoms with E-state index in [2.05, 4.69) is 16.7 Å². The molecule has 70 valence electrons. The molecule has 1 aromatic rings. The molecule has 0 bridgehead atoms. The molecule has 0 spiro atoms. The maximum atomic E-state index is 6.09. The van der Waals surface area contributed by atoms with Crippen LogP contribution in [0, 0.1) is 0 Å². The first-order valence-electron chi connectivity index (χ1n) is 4.56. The fourth-order valence-electron chi connectivity index (χ4n) is 1.63. The summed E-state index contributed by atoms with van der Waals surface area (Å²) in [5.74, 6) is 0. The lowest BCUT2D eigenvalue weighted by molar-refractivity contribution is 0.430. The Hall–Kier alpha value is -0.570. The highest BCUT2D eigenvalue weighted by atomic mass is 35.5. The van der Waals surface area contributed by atoms with Crippen LogP contribution >= 0.6 is 11.6 Å². The average molecular weight is 197 g/mol. The van der Waals surface area contributed by atoms with Gasteiger partial charge >= 0.3 is 0 Å². The normalized spacial score (nSPS) is 23.0. The van der Waals surface area contributed by atoms with Crippen LogP contribution in [-0.2, 0) is 0 Å². The Labute approximate surface area is 83.3 Å². The second-order valence-corrected chi connectivity index (χ2v) is 3.64. The van der Waals surface area contributed by atoms with Crippen LogP contribution in [0.25, 0.3) is 0 Å². The summed E-state index contributed by atoms with van der Waals surface area (Å²) < 4.78 is 0. The van der Waals surface area contributed by atoms with Gasteiger partial charge in [0, 0.05) is 30.7 Å². The van der Waals surface area contributed by atoms with Crippen molar-refractivity contribution in [2.75, 3.05) is 19.6 Å². The molecule has 0 amide bonds. The first-order chi connectivity index (χ1) is 6.38. The van der Waals surface area contributed by atoms with Crippen molar-refractivity contribution >= 4 is 11.6 Å². The maximum Gasteiger partial charge on any atom is 0.0462 e. The number of hydrogen-bond acceptors (Lipinski definition) is 2. The van der Waals surface area contributed by atoms with Crippen molar-refractivity contribution in [3.63, 3.8) is 0 Å². The quantitative estimate of drug-likeness (QED) is 0.713. The van der Waals surface area contributed by atoms with E-state index in [0.29, 0.717) is 6.04 Å². The summed E-state index contributed by atoms with van der Waals surface area (Å²) in [6, 6.07) is 8.36. The lowest BCUT2D eigenvalue weighted by Crippen LogP contribution is -2.42. The topological polar surface area (TPSA) is 24.1 Å². The number of rotatable bonds is 1. The van der Waals surface area contributed by atoms with Gasteiger partial charge in [-0.2, -0.15) is 0 Å². The fraction of sp³-hybridized carbons (Fsp3) is 0.400. The highest BCUT2D eigenvalue weighted by molar-refractivity contribution is 6.31. The SMILES string of the molecule is Clc1ccccc1[C@@H]1CNCCN1. The van der Waals surface area contributed by atoms with Gasteiger partial charge in [-0.3, -0.25) is 0 Å². The Kier molecular flexibility index (Phi) is 2.83. The van der Waals surface area contributed by atoms with Crippen molar-refractivity contribution in [1.29, 1.82) is 0 Å². The van der Waals surface area contributed by atoms with Crippen LogP contribution < -0.4 is 10.6 Å². The third kappa shape index (κ3) is 2.02. The Bertz CT molecular complexity index is 282. The van der Waals surface area contributed by atoms with Gasteiger partial charge in [-0.05, 0) is 11.6 Å². The molecule has 0 saturated carbocycles. The van der Waals surface area contributed by atoms with E-state index in [0.717, 1.165) is 24.7 Å². The molecular weight excluding hydrogens is 184 g/mol. The van der Waals surface area contributed by atoms with Gasteiger partial charge in [0.1, 0.15) is 0 Å². The molecule has 1 saturated heterocycles. The molecule has 0 aliphatic carbocycles. The van der Waals surface area contributed by atoms with Gasteiger partial charge < -0.3 is 10.6 Å². The van der Waals surface area contributed by atoms with Crippen molar-refractivity contribution in [2.45, 2.75) is 6.04 Å². The van der Waals surface area contributed by atoms with E-state index in [-0.39, 0.29) is 0 Å². The van der Waals surface area contributed by atoms with Crippen molar-refractivity contribution < 1.29 is 0 Å². The summed E-state index contributed by atoms with van der Waals surface area (Å²) in [5.41, 5.74) is 1.19. The Morgan fingerprint density at radius 2 is 2.08 bits per heavy atom. The number of halogens is 1. The molecule has 1 fully saturated rings. The van der Waals surface area contributed by atoms with E-state index in [4.69, 9.17) is 11.6 Å². The predicted molar refractivity (Wildman–Crippen MR) is 55.1 cm³/mol. The van der Waals surface area contributed by atoms with Gasteiger partial charge in [-0.15, -0.1) is 0 Å². The van der Waals surface area contributed by atoms with Crippen LogP contribution in [0.1, 0.15) is 11.6 Å². The third-order valence-electron chi connectivity index (χ3n) is 2.32. The molecule has 1 aromatic carbocycles. The van der Waals surface area contributed by atoms with E-state index in [1.165, 1.54) is 5.56 Å². The fourth-order valence-corrected chi connectivity index (χ4v) is 1.90. The van der Waals surface area contributed by atoms with E-state index in [9.17, 15) is 0 Å². The van der Waals surface area contributed by atoms with Crippen LogP contribution in [0.15, 0.2) is 24.3 Å². The van der Waals surface area contributed by atoms with Crippen LogP contribution in [0.4, 0.5) is 0 Å². The number of nitrogens with one attached hydrogen (secondary N) is 2. The van der Waals surface area contributed by atoms with Crippen LogP contribution in [0.3, 0.4) is 0 Å². The van der Waals surface area contributed by atoms with Gasteiger partial charge in [0.05, 0.1) is 0 Å². The average Bonchev–Trinajstić information content (AvgIpc) is 2.20. The number of piperazine rings is 1. The second-order valence-electron chi connectivity index (χ2n) is 3.23. The maximum absolute atomic E-state index is 6.09. The van der Waals surface area contributed by atoms with E-state index in [1.807, 2.05) is 18.2 Å². The molecule has 1 heterocycles. The molecule has 1 aliphatic rings. The molecule has 0 unspecified atom stereocenters. The molecule has 2 rings (SSSR count). The van der Waals surface area contributed by atoms with Gasteiger partial charge in [0.15, 0.2) is 0 Å². The molecule has 1 atom stereocenters. The van der Waals surface area contributed by atoms with Crippen LogP contribution in [-0.4, -0.2) is 19.6 Å². The minimum absolute atomic E-state index is 0.363. The van der Waals surface area contributed by atoms with E-state index < -0.39 is 0 Å². The summed E-state index contributed by atoms with van der Waals surface area (Å²) in [6.07, 6.45) is 0. The third-order valence-corrected chi connectivity index (χ3v) is 2.67. The molecular formula is C10H13ClN2. The summed E-state index contributed by atoms with van der Waals surface area (Å²) in [5, 5.41) is 7.62. The van der Waals surface area contributed by atoms with E-state index >= 15 is 0 Å².